The van der Waals surface area contributed by atoms with Gasteiger partial charge in [-0.05, 0) is 17.7 Å². The Morgan fingerprint density at radius 1 is 1.05 bits per heavy atom. The van der Waals surface area contributed by atoms with Gasteiger partial charge in [-0.3, -0.25) is 9.98 Å². The molecule has 2 rings (SSSR count). The van der Waals surface area contributed by atoms with Crippen LogP contribution in [0, 0.1) is 0 Å². The van der Waals surface area contributed by atoms with E-state index in [0.717, 1.165) is 0 Å². The number of aromatic nitrogens is 1. The third kappa shape index (κ3) is 3.21. The van der Waals surface area contributed by atoms with E-state index < -0.39 is 0 Å². The van der Waals surface area contributed by atoms with Gasteiger partial charge in [0, 0.05) is 29.1 Å². The topological polar surface area (TPSA) is 74.0 Å². The van der Waals surface area contributed by atoms with Crippen molar-refractivity contribution in [1.82, 2.24) is 4.98 Å². The fourth-order valence-corrected chi connectivity index (χ4v) is 2.13. The largest absolute Gasteiger partial charge is 0.262 e. The molecule has 1 aromatic heterocycles. The minimum Gasteiger partial charge on any atom is -0.262 e. The second-order valence-electron chi connectivity index (χ2n) is 3.58. The monoisotopic (exact) mass is 325 g/mol. The Labute approximate surface area is 129 Å². The molecule has 1 heterocycles. The van der Waals surface area contributed by atoms with Crippen LogP contribution in [0.5, 0.6) is 0 Å². The van der Waals surface area contributed by atoms with E-state index in [0.29, 0.717) is 21.3 Å². The summed E-state index contributed by atoms with van der Waals surface area (Å²) in [5.41, 5.74) is 9.66. The summed E-state index contributed by atoms with van der Waals surface area (Å²) in [6.45, 7) is 0. The molecule has 0 unspecified atom stereocenters. The van der Waals surface area contributed by atoms with Crippen molar-refractivity contribution < 1.29 is 0 Å². The molecule has 20 heavy (non-hydrogen) atoms. The summed E-state index contributed by atoms with van der Waals surface area (Å²) in [7, 11) is 0. The maximum absolute atomic E-state index is 8.53. The van der Waals surface area contributed by atoms with Gasteiger partial charge in [0.05, 0.1) is 20.8 Å². The van der Waals surface area contributed by atoms with Crippen molar-refractivity contribution in [3.63, 3.8) is 0 Å². The molecule has 2 aromatic rings. The molecule has 1 aromatic carbocycles. The van der Waals surface area contributed by atoms with E-state index >= 15 is 0 Å². The molecule has 0 radical (unpaired) electrons. The third-order valence-electron chi connectivity index (χ3n) is 2.32. The van der Waals surface area contributed by atoms with Gasteiger partial charge in [0.25, 0.3) is 0 Å². The van der Waals surface area contributed by atoms with Crippen molar-refractivity contribution in [2.45, 2.75) is 0 Å². The first-order chi connectivity index (χ1) is 9.63. The molecular weight excluding hydrogens is 321 g/mol. The predicted molar refractivity (Wildman–Crippen MR) is 81.8 cm³/mol. The van der Waals surface area contributed by atoms with Crippen LogP contribution in [-0.2, 0) is 0 Å². The lowest BCUT2D eigenvalue weighted by atomic mass is 10.2. The Morgan fingerprint density at radius 3 is 2.40 bits per heavy atom. The summed E-state index contributed by atoms with van der Waals surface area (Å²) in [5.74, 6) is 0. The Bertz CT molecular complexity index is 703. The molecule has 0 amide bonds. The van der Waals surface area contributed by atoms with Crippen LogP contribution in [0.1, 0.15) is 5.56 Å². The molecule has 0 aliphatic heterocycles. The highest BCUT2D eigenvalue weighted by Crippen LogP contribution is 2.33. The number of para-hydroxylation sites is 1. The zero-order valence-electron chi connectivity index (χ0n) is 9.83. The number of nitrogens with zero attached hydrogens (tertiary/aromatic N) is 5. The average molecular weight is 327 g/mol. The van der Waals surface area contributed by atoms with Crippen LogP contribution in [0.15, 0.2) is 40.7 Å². The van der Waals surface area contributed by atoms with Crippen molar-refractivity contribution in [3.05, 3.63) is 61.7 Å². The van der Waals surface area contributed by atoms with Gasteiger partial charge >= 0.3 is 0 Å². The van der Waals surface area contributed by atoms with Crippen molar-refractivity contribution in [3.8, 4) is 0 Å². The molecule has 0 saturated heterocycles. The van der Waals surface area contributed by atoms with Crippen molar-refractivity contribution in [2.24, 2.45) is 10.1 Å². The molecule has 0 N–H and O–H groups in total. The van der Waals surface area contributed by atoms with Crippen molar-refractivity contribution in [1.29, 1.82) is 0 Å². The second-order valence-corrected chi connectivity index (χ2v) is 4.80. The predicted octanol–water partition coefficient (Wildman–Crippen LogP) is 5.73. The molecule has 100 valence electrons. The summed E-state index contributed by atoms with van der Waals surface area (Å²) in [5, 5.41) is 4.57. The molecule has 0 spiro atoms. The van der Waals surface area contributed by atoms with E-state index in [9.17, 15) is 0 Å². The SMILES string of the molecule is [N-]=[N+]=Nc1c(Cl)cncc1C=Nc1c(Cl)cccc1Cl. The van der Waals surface area contributed by atoms with Gasteiger partial charge < -0.3 is 0 Å². The number of azide groups is 1. The quantitative estimate of drug-likeness (QED) is 0.307. The lowest BCUT2D eigenvalue weighted by Crippen LogP contribution is -1.85. The number of hydrogen-bond acceptors (Lipinski definition) is 3. The molecule has 0 bridgehead atoms. The first kappa shape index (κ1) is 14.6. The van der Waals surface area contributed by atoms with Gasteiger partial charge in [-0.15, -0.1) is 0 Å². The van der Waals surface area contributed by atoms with Gasteiger partial charge in [-0.25, -0.2) is 0 Å². The summed E-state index contributed by atoms with van der Waals surface area (Å²) < 4.78 is 0. The van der Waals surface area contributed by atoms with Gasteiger partial charge in [-0.1, -0.05) is 46.0 Å². The number of hydrogen-bond donors (Lipinski definition) is 0. The Balaban J connectivity index is 2.47. The van der Waals surface area contributed by atoms with Crippen LogP contribution in [-0.4, -0.2) is 11.2 Å². The highest BCUT2D eigenvalue weighted by Gasteiger charge is 2.06. The molecule has 0 aliphatic carbocycles. The normalized spacial score (nSPS) is 10.6. The summed E-state index contributed by atoms with van der Waals surface area (Å²) in [6.07, 6.45) is 4.30. The van der Waals surface area contributed by atoms with E-state index in [2.05, 4.69) is 20.0 Å². The molecule has 0 fully saturated rings. The van der Waals surface area contributed by atoms with Crippen LogP contribution in [0.2, 0.25) is 15.1 Å². The highest BCUT2D eigenvalue weighted by atomic mass is 35.5. The molecule has 0 aliphatic rings. The Morgan fingerprint density at radius 2 is 1.75 bits per heavy atom. The number of rotatable bonds is 3. The van der Waals surface area contributed by atoms with Gasteiger partial charge in [0.2, 0.25) is 0 Å². The highest BCUT2D eigenvalue weighted by molar-refractivity contribution is 6.39. The Kier molecular flexibility index (Phi) is 4.82. The maximum atomic E-state index is 8.53. The molecular formula is C12H6Cl3N5. The van der Waals surface area contributed by atoms with E-state index in [1.165, 1.54) is 18.6 Å². The minimum absolute atomic E-state index is 0.233. The smallest absolute Gasteiger partial charge is 0.100 e. The average Bonchev–Trinajstić information content (AvgIpc) is 2.42. The van der Waals surface area contributed by atoms with Crippen molar-refractivity contribution in [2.75, 3.05) is 0 Å². The first-order valence-electron chi connectivity index (χ1n) is 5.30. The van der Waals surface area contributed by atoms with Crippen LogP contribution in [0.4, 0.5) is 11.4 Å². The van der Waals surface area contributed by atoms with Crippen LogP contribution in [0.25, 0.3) is 10.4 Å². The zero-order valence-corrected chi connectivity index (χ0v) is 12.1. The third-order valence-corrected chi connectivity index (χ3v) is 3.20. The van der Waals surface area contributed by atoms with Crippen molar-refractivity contribution >= 4 is 52.4 Å². The summed E-state index contributed by atoms with van der Waals surface area (Å²) >= 11 is 17.9. The standard InChI is InChI=1S/C12H6Cl3N5/c13-8-2-1-3-9(14)12(8)18-5-7-4-17-6-10(15)11(7)19-20-16/h1-6H. The van der Waals surface area contributed by atoms with Gasteiger partial charge in [-0.2, -0.15) is 0 Å². The molecule has 5 nitrogen and oxygen atoms in total. The lowest BCUT2D eigenvalue weighted by molar-refractivity contribution is 1.29. The number of pyridine rings is 1. The summed E-state index contributed by atoms with van der Waals surface area (Å²) in [6, 6.07) is 5.06. The van der Waals surface area contributed by atoms with E-state index in [4.69, 9.17) is 40.3 Å². The van der Waals surface area contributed by atoms with E-state index in [1.807, 2.05) is 0 Å². The number of aliphatic imine (C=N–C) groups is 1. The first-order valence-corrected chi connectivity index (χ1v) is 6.43. The lowest BCUT2D eigenvalue weighted by Gasteiger charge is -2.02. The van der Waals surface area contributed by atoms with Gasteiger partial charge in [0.1, 0.15) is 5.69 Å². The number of benzene rings is 1. The zero-order chi connectivity index (χ0) is 14.5. The van der Waals surface area contributed by atoms with Crippen LogP contribution >= 0.6 is 34.8 Å². The van der Waals surface area contributed by atoms with E-state index in [1.54, 1.807) is 18.2 Å². The molecule has 8 heteroatoms. The minimum atomic E-state index is 0.233. The Hall–Kier alpha value is -1.78. The molecule has 0 atom stereocenters. The fraction of sp³-hybridized carbons (Fsp3) is 0. The van der Waals surface area contributed by atoms with Crippen LogP contribution in [0.3, 0.4) is 0 Å². The fourth-order valence-electron chi connectivity index (χ4n) is 1.43. The maximum Gasteiger partial charge on any atom is 0.100 e. The van der Waals surface area contributed by atoms with Gasteiger partial charge in [0.15, 0.2) is 0 Å². The number of halogens is 3. The summed E-state index contributed by atoms with van der Waals surface area (Å²) in [4.78, 5) is 10.8. The molecule has 0 saturated carbocycles. The van der Waals surface area contributed by atoms with E-state index in [-0.39, 0.29) is 10.7 Å². The van der Waals surface area contributed by atoms with Crippen LogP contribution < -0.4 is 0 Å². The second kappa shape index (κ2) is 6.59.